The van der Waals surface area contributed by atoms with Crippen molar-refractivity contribution in [3.05, 3.63) is 47.1 Å². The minimum Gasteiger partial charge on any atom is -0.369 e. The van der Waals surface area contributed by atoms with Crippen LogP contribution in [0.4, 0.5) is 17.5 Å². The maximum absolute atomic E-state index is 12.1. The number of unbranched alkanes of at least 4 members (excludes halogenated alkanes) is 1. The van der Waals surface area contributed by atoms with Crippen LogP contribution in [0.5, 0.6) is 0 Å². The highest BCUT2D eigenvalue weighted by molar-refractivity contribution is 7.18. The number of aryl methyl sites for hydroxylation is 1. The Morgan fingerprint density at radius 1 is 1.18 bits per heavy atom. The molecule has 0 fully saturated rings. The third-order valence-electron chi connectivity index (χ3n) is 5.42. The van der Waals surface area contributed by atoms with Crippen LogP contribution in [-0.4, -0.2) is 78.1 Å². The molecule has 0 spiro atoms. The maximum atomic E-state index is 12.1. The predicted octanol–water partition coefficient (Wildman–Crippen LogP) is 4.22. The summed E-state index contributed by atoms with van der Waals surface area (Å²) in [5, 5.41) is 11.0. The first-order valence-corrected chi connectivity index (χ1v) is 13.7. The van der Waals surface area contributed by atoms with Crippen molar-refractivity contribution in [1.29, 1.82) is 0 Å². The van der Waals surface area contributed by atoms with Crippen LogP contribution in [0, 0.1) is 18.8 Å². The van der Waals surface area contributed by atoms with Gasteiger partial charge in [-0.05, 0) is 58.6 Å². The number of fused-ring (bicyclic) bond motifs is 1. The number of carbonyl (C=O) groups excluding carboxylic acids is 1. The lowest BCUT2D eigenvalue weighted by atomic mass is 10.2. The number of likely N-dealkylation sites (N-methyl/N-ethyl adjacent to an activating group) is 2. The van der Waals surface area contributed by atoms with Crippen molar-refractivity contribution < 1.29 is 4.79 Å². The van der Waals surface area contributed by atoms with Crippen molar-refractivity contribution >= 4 is 44.9 Å². The molecule has 1 aromatic carbocycles. The Balaban J connectivity index is 1.50. The lowest BCUT2D eigenvalue weighted by Gasteiger charge is -2.15. The Hall–Kier alpha value is -3.52. The summed E-state index contributed by atoms with van der Waals surface area (Å²) in [7, 11) is 5.73. The van der Waals surface area contributed by atoms with E-state index >= 15 is 0 Å². The van der Waals surface area contributed by atoms with Gasteiger partial charge in [0.25, 0.3) is 0 Å². The van der Waals surface area contributed by atoms with Crippen LogP contribution in [0.2, 0.25) is 0 Å². The molecule has 0 radical (unpaired) electrons. The molecule has 0 aliphatic carbocycles. The van der Waals surface area contributed by atoms with Gasteiger partial charge in [-0.15, -0.1) is 11.3 Å². The van der Waals surface area contributed by atoms with Gasteiger partial charge in [0.15, 0.2) is 0 Å². The van der Waals surface area contributed by atoms with E-state index in [4.69, 9.17) is 0 Å². The molecule has 1 amide bonds. The summed E-state index contributed by atoms with van der Waals surface area (Å²) in [6, 6.07) is 6.09. The van der Waals surface area contributed by atoms with E-state index in [-0.39, 0.29) is 5.91 Å². The molecule has 0 atom stereocenters. The number of rotatable bonds is 13. The van der Waals surface area contributed by atoms with Gasteiger partial charge in [0.1, 0.15) is 5.82 Å². The molecule has 0 unspecified atom stereocenters. The molecule has 3 N–H and O–H groups in total. The van der Waals surface area contributed by atoms with E-state index < -0.39 is 0 Å². The highest BCUT2D eigenvalue weighted by Gasteiger charge is 2.08. The van der Waals surface area contributed by atoms with Crippen LogP contribution in [0.15, 0.2) is 36.5 Å². The number of hydrogen-bond acceptors (Lipinski definition) is 9. The standard InChI is InChI=1S/C28H38N8OS/c1-6-15-30-27-22(11-8-7-9-16-29-20-36(5)26(37)12-10-17-35(3)4)19-31-28(34-27)33-23-13-14-25-24(18-23)32-21(2)38-25/h10,12-14,18-19,29H,6-7,9,15-17,20H2,1-5H3,(H2,30,31,33,34)/b12-10+. The van der Waals surface area contributed by atoms with Gasteiger partial charge in [-0.3, -0.25) is 10.1 Å². The third-order valence-corrected chi connectivity index (χ3v) is 6.37. The SMILES string of the molecule is CCCNc1nc(Nc2ccc3sc(C)nc3c2)ncc1C#CCCCNCN(C)C(=O)/C=C/CN(C)C. The molecule has 0 aliphatic rings. The van der Waals surface area contributed by atoms with Gasteiger partial charge in [0.05, 0.1) is 33.7 Å². The molecule has 0 saturated carbocycles. The number of nitrogens with zero attached hydrogens (tertiary/aromatic N) is 5. The van der Waals surface area contributed by atoms with Crippen molar-refractivity contribution in [3.8, 4) is 11.8 Å². The van der Waals surface area contributed by atoms with Crippen molar-refractivity contribution in [2.24, 2.45) is 0 Å². The first kappa shape index (κ1) is 29.0. The molecule has 0 saturated heterocycles. The number of aromatic nitrogens is 3. The molecule has 2 heterocycles. The Morgan fingerprint density at radius 2 is 2.03 bits per heavy atom. The number of nitrogens with one attached hydrogen (secondary N) is 3. The van der Waals surface area contributed by atoms with E-state index in [2.05, 4.69) is 55.7 Å². The Bertz CT molecular complexity index is 1290. The molecular weight excluding hydrogens is 496 g/mol. The van der Waals surface area contributed by atoms with Crippen LogP contribution in [-0.2, 0) is 4.79 Å². The normalized spacial score (nSPS) is 11.1. The number of anilines is 3. The monoisotopic (exact) mass is 534 g/mol. The first-order chi connectivity index (χ1) is 18.4. The zero-order chi connectivity index (χ0) is 27.3. The van der Waals surface area contributed by atoms with Gasteiger partial charge in [0, 0.05) is 38.3 Å². The molecule has 3 rings (SSSR count). The van der Waals surface area contributed by atoms with E-state index in [1.807, 2.05) is 44.1 Å². The van der Waals surface area contributed by atoms with Crippen molar-refractivity contribution in [1.82, 2.24) is 30.1 Å². The second kappa shape index (κ2) is 15.0. The number of hydrogen-bond donors (Lipinski definition) is 3. The summed E-state index contributed by atoms with van der Waals surface area (Å²) in [4.78, 5) is 29.5. The molecule has 0 aliphatic heterocycles. The Labute approximate surface area is 229 Å². The Morgan fingerprint density at radius 3 is 2.82 bits per heavy atom. The van der Waals surface area contributed by atoms with E-state index in [1.165, 1.54) is 0 Å². The zero-order valence-electron chi connectivity index (χ0n) is 23.0. The van der Waals surface area contributed by atoms with Crippen LogP contribution in [0.3, 0.4) is 0 Å². The second-order valence-electron chi connectivity index (χ2n) is 9.19. The van der Waals surface area contributed by atoms with E-state index in [1.54, 1.807) is 35.6 Å². The summed E-state index contributed by atoms with van der Waals surface area (Å²) >= 11 is 1.68. The quantitative estimate of drug-likeness (QED) is 0.130. The number of benzene rings is 1. The van der Waals surface area contributed by atoms with Gasteiger partial charge in [-0.1, -0.05) is 24.8 Å². The number of amides is 1. The number of thiazole rings is 1. The largest absolute Gasteiger partial charge is 0.369 e. The van der Waals surface area contributed by atoms with E-state index in [0.29, 0.717) is 12.6 Å². The lowest BCUT2D eigenvalue weighted by Crippen LogP contribution is -2.35. The van der Waals surface area contributed by atoms with Gasteiger partial charge in [0.2, 0.25) is 11.9 Å². The molecule has 38 heavy (non-hydrogen) atoms. The summed E-state index contributed by atoms with van der Waals surface area (Å²) < 4.78 is 1.16. The van der Waals surface area contributed by atoms with Crippen molar-refractivity contribution in [2.75, 3.05) is 58.1 Å². The molecule has 10 heteroatoms. The molecule has 3 aromatic rings. The predicted molar refractivity (Wildman–Crippen MR) is 158 cm³/mol. The highest BCUT2D eigenvalue weighted by atomic mass is 32.1. The fourth-order valence-corrected chi connectivity index (χ4v) is 4.24. The second-order valence-corrected chi connectivity index (χ2v) is 10.4. The fourth-order valence-electron chi connectivity index (χ4n) is 3.44. The first-order valence-electron chi connectivity index (χ1n) is 12.9. The van der Waals surface area contributed by atoms with Crippen LogP contribution in [0.1, 0.15) is 36.8 Å². The fraction of sp³-hybridized carbons (Fsp3) is 0.429. The zero-order valence-corrected chi connectivity index (χ0v) is 23.8. The minimum absolute atomic E-state index is 0.0111. The lowest BCUT2D eigenvalue weighted by molar-refractivity contribution is -0.125. The number of carbonyl (C=O) groups is 1. The average Bonchev–Trinajstić information content (AvgIpc) is 3.26. The van der Waals surface area contributed by atoms with Crippen LogP contribution in [0.25, 0.3) is 10.2 Å². The van der Waals surface area contributed by atoms with Crippen molar-refractivity contribution in [3.63, 3.8) is 0 Å². The smallest absolute Gasteiger partial charge is 0.247 e. The summed E-state index contributed by atoms with van der Waals surface area (Å²) in [6.45, 7) is 6.95. The van der Waals surface area contributed by atoms with Gasteiger partial charge >= 0.3 is 0 Å². The molecule has 2 aromatic heterocycles. The Kier molecular flexibility index (Phi) is 11.5. The molecule has 0 bridgehead atoms. The van der Waals surface area contributed by atoms with Crippen LogP contribution >= 0.6 is 11.3 Å². The van der Waals surface area contributed by atoms with Crippen molar-refractivity contribution in [2.45, 2.75) is 33.1 Å². The van der Waals surface area contributed by atoms with E-state index in [9.17, 15) is 4.79 Å². The average molecular weight is 535 g/mol. The molecular formula is C28H38N8OS. The van der Waals surface area contributed by atoms with Gasteiger partial charge in [-0.25, -0.2) is 9.97 Å². The van der Waals surface area contributed by atoms with Gasteiger partial charge in [-0.2, -0.15) is 4.98 Å². The summed E-state index contributed by atoms with van der Waals surface area (Å²) in [6.07, 6.45) is 7.82. The maximum Gasteiger partial charge on any atom is 0.247 e. The van der Waals surface area contributed by atoms with Crippen LogP contribution < -0.4 is 16.0 Å². The van der Waals surface area contributed by atoms with E-state index in [0.717, 1.165) is 71.2 Å². The van der Waals surface area contributed by atoms with Gasteiger partial charge < -0.3 is 20.4 Å². The topological polar surface area (TPSA) is 98.3 Å². The highest BCUT2D eigenvalue weighted by Crippen LogP contribution is 2.26. The molecule has 9 nitrogen and oxygen atoms in total. The summed E-state index contributed by atoms with van der Waals surface area (Å²) in [5.74, 6) is 7.66. The minimum atomic E-state index is -0.0111. The molecule has 202 valence electrons. The summed E-state index contributed by atoms with van der Waals surface area (Å²) in [5.41, 5.74) is 2.64. The third kappa shape index (κ3) is 9.41.